The number of anilines is 2. The molecule has 3 rings (SSSR count). The van der Waals surface area contributed by atoms with E-state index in [1.54, 1.807) is 23.7 Å². The van der Waals surface area contributed by atoms with Gasteiger partial charge in [-0.15, -0.1) is 11.3 Å². The number of rotatable bonds is 5. The van der Waals surface area contributed by atoms with Crippen LogP contribution in [0.15, 0.2) is 29.8 Å². The van der Waals surface area contributed by atoms with E-state index in [4.69, 9.17) is 0 Å². The zero-order valence-electron chi connectivity index (χ0n) is 14.2. The van der Waals surface area contributed by atoms with Gasteiger partial charge in [0.1, 0.15) is 5.69 Å². The van der Waals surface area contributed by atoms with Crippen molar-refractivity contribution < 1.29 is 14.5 Å². The monoisotopic (exact) mass is 374 g/mol. The Morgan fingerprint density at radius 3 is 2.88 bits per heavy atom. The molecule has 1 saturated heterocycles. The van der Waals surface area contributed by atoms with Gasteiger partial charge in [-0.05, 0) is 31.9 Å². The molecule has 0 bridgehead atoms. The highest BCUT2D eigenvalue weighted by atomic mass is 32.1. The third-order valence-corrected chi connectivity index (χ3v) is 5.06. The molecule has 1 aliphatic heterocycles. The number of nitrogens with one attached hydrogen (secondary N) is 1. The van der Waals surface area contributed by atoms with Crippen LogP contribution in [-0.4, -0.2) is 34.7 Å². The van der Waals surface area contributed by atoms with Gasteiger partial charge in [0.2, 0.25) is 5.91 Å². The number of hydrogen-bond acceptors (Lipinski definition) is 7. The largest absolute Gasteiger partial charge is 0.365 e. The molecule has 1 aliphatic rings. The van der Waals surface area contributed by atoms with Crippen LogP contribution in [0.1, 0.15) is 30.1 Å². The summed E-state index contributed by atoms with van der Waals surface area (Å²) in [5.74, 6) is -0.633. The lowest BCUT2D eigenvalue weighted by molar-refractivity contribution is -0.384. The van der Waals surface area contributed by atoms with Crippen LogP contribution in [0.25, 0.3) is 0 Å². The average Bonchev–Trinajstić information content (AvgIpc) is 3.14. The fraction of sp³-hybridized carbons (Fsp3) is 0.353. The van der Waals surface area contributed by atoms with Crippen molar-refractivity contribution in [1.29, 1.82) is 0 Å². The van der Waals surface area contributed by atoms with Crippen molar-refractivity contribution in [3.05, 3.63) is 45.5 Å². The first-order chi connectivity index (χ1) is 12.5. The Morgan fingerprint density at radius 1 is 1.42 bits per heavy atom. The lowest BCUT2D eigenvalue weighted by Gasteiger charge is -2.33. The molecule has 8 nitrogen and oxygen atoms in total. The molecular weight excluding hydrogens is 356 g/mol. The zero-order valence-corrected chi connectivity index (χ0v) is 15.0. The van der Waals surface area contributed by atoms with Gasteiger partial charge < -0.3 is 10.2 Å². The number of thiazole rings is 1. The summed E-state index contributed by atoms with van der Waals surface area (Å²) < 4.78 is 0. The Hall–Kier alpha value is -2.81. The Labute approximate surface area is 154 Å². The highest BCUT2D eigenvalue weighted by Crippen LogP contribution is 2.33. The van der Waals surface area contributed by atoms with E-state index in [1.807, 2.05) is 4.90 Å². The molecular formula is C17H18N4O4S. The zero-order chi connectivity index (χ0) is 18.7. The minimum Gasteiger partial charge on any atom is -0.365 e. The minimum atomic E-state index is -0.485. The molecule has 2 aromatic rings. The van der Waals surface area contributed by atoms with Gasteiger partial charge in [-0.2, -0.15) is 0 Å². The number of hydrogen-bond donors (Lipinski definition) is 1. The molecule has 2 heterocycles. The van der Waals surface area contributed by atoms with Crippen LogP contribution in [0.5, 0.6) is 0 Å². The third-order valence-electron chi connectivity index (χ3n) is 4.37. The predicted molar refractivity (Wildman–Crippen MR) is 98.8 cm³/mol. The second-order valence-corrected chi connectivity index (χ2v) is 7.02. The van der Waals surface area contributed by atoms with Crippen LogP contribution in [0, 0.1) is 16.0 Å². The second-order valence-electron chi connectivity index (χ2n) is 6.13. The number of aromatic nitrogens is 1. The molecule has 1 fully saturated rings. The van der Waals surface area contributed by atoms with Crippen molar-refractivity contribution in [3.8, 4) is 0 Å². The van der Waals surface area contributed by atoms with Crippen LogP contribution >= 0.6 is 11.3 Å². The van der Waals surface area contributed by atoms with Crippen LogP contribution in [0.4, 0.5) is 16.5 Å². The molecule has 1 aromatic heterocycles. The molecule has 1 aromatic carbocycles. The Morgan fingerprint density at radius 2 is 2.23 bits per heavy atom. The van der Waals surface area contributed by atoms with E-state index in [0.29, 0.717) is 35.9 Å². The Balaban J connectivity index is 1.79. The smallest absolute Gasteiger partial charge is 0.293 e. The Bertz CT molecular complexity index is 837. The first-order valence-electron chi connectivity index (χ1n) is 8.20. The first-order valence-corrected chi connectivity index (χ1v) is 9.08. The lowest BCUT2D eigenvalue weighted by atomic mass is 9.96. The first kappa shape index (κ1) is 18.0. The summed E-state index contributed by atoms with van der Waals surface area (Å²) in [7, 11) is 0. The fourth-order valence-electron chi connectivity index (χ4n) is 3.06. The number of Topliss-reactive ketones (excluding diaryl/α,β-unsaturated/α-hetero) is 1. The lowest BCUT2D eigenvalue weighted by Crippen LogP contribution is -2.41. The SMILES string of the molecule is CC(=O)c1ccc(N2CCCC(C(=O)Nc3nccs3)C2)c([N+](=O)[O-])c1. The van der Waals surface area contributed by atoms with Gasteiger partial charge in [-0.1, -0.05) is 0 Å². The van der Waals surface area contributed by atoms with Crippen molar-refractivity contribution in [2.45, 2.75) is 19.8 Å². The number of nitrogens with zero attached hydrogens (tertiary/aromatic N) is 3. The van der Waals surface area contributed by atoms with Gasteiger partial charge in [0.25, 0.3) is 5.69 Å². The summed E-state index contributed by atoms with van der Waals surface area (Å²) in [6.45, 7) is 2.39. The maximum absolute atomic E-state index is 12.5. The second kappa shape index (κ2) is 7.61. The summed E-state index contributed by atoms with van der Waals surface area (Å²) in [5, 5.41) is 16.6. The number of ketones is 1. The molecule has 26 heavy (non-hydrogen) atoms. The van der Waals surface area contributed by atoms with Crippen LogP contribution in [0.2, 0.25) is 0 Å². The maximum Gasteiger partial charge on any atom is 0.293 e. The van der Waals surface area contributed by atoms with Gasteiger partial charge in [-0.3, -0.25) is 19.7 Å². The highest BCUT2D eigenvalue weighted by molar-refractivity contribution is 7.13. The molecule has 0 spiro atoms. The molecule has 0 radical (unpaired) electrons. The van der Waals surface area contributed by atoms with Crippen molar-refractivity contribution in [1.82, 2.24) is 4.98 Å². The number of benzene rings is 1. The van der Waals surface area contributed by atoms with E-state index in [-0.39, 0.29) is 23.3 Å². The maximum atomic E-state index is 12.5. The molecule has 1 amide bonds. The number of nitro benzene ring substituents is 1. The number of amides is 1. The molecule has 0 saturated carbocycles. The van der Waals surface area contributed by atoms with E-state index >= 15 is 0 Å². The van der Waals surface area contributed by atoms with E-state index in [0.717, 1.165) is 6.42 Å². The van der Waals surface area contributed by atoms with E-state index in [1.165, 1.54) is 24.3 Å². The molecule has 1 atom stereocenters. The van der Waals surface area contributed by atoms with Crippen LogP contribution < -0.4 is 10.2 Å². The summed E-state index contributed by atoms with van der Waals surface area (Å²) in [6, 6.07) is 4.48. The third kappa shape index (κ3) is 3.88. The topological polar surface area (TPSA) is 105 Å². The van der Waals surface area contributed by atoms with Gasteiger partial charge in [0.05, 0.1) is 10.8 Å². The van der Waals surface area contributed by atoms with E-state index in [2.05, 4.69) is 10.3 Å². The van der Waals surface area contributed by atoms with E-state index in [9.17, 15) is 19.7 Å². The van der Waals surface area contributed by atoms with Crippen molar-refractivity contribution in [2.75, 3.05) is 23.3 Å². The molecule has 9 heteroatoms. The Kier molecular flexibility index (Phi) is 5.27. The molecule has 0 aliphatic carbocycles. The minimum absolute atomic E-state index is 0.112. The highest BCUT2D eigenvalue weighted by Gasteiger charge is 2.30. The molecule has 1 unspecified atom stereocenters. The number of carbonyl (C=O) groups excluding carboxylic acids is 2. The molecule has 1 N–H and O–H groups in total. The summed E-state index contributed by atoms with van der Waals surface area (Å²) in [6.07, 6.45) is 3.09. The fourth-order valence-corrected chi connectivity index (χ4v) is 3.59. The van der Waals surface area contributed by atoms with Crippen molar-refractivity contribution in [2.24, 2.45) is 5.92 Å². The summed E-state index contributed by atoms with van der Waals surface area (Å²) in [5.41, 5.74) is 0.626. The quantitative estimate of drug-likeness (QED) is 0.490. The van der Waals surface area contributed by atoms with Crippen LogP contribution in [-0.2, 0) is 4.79 Å². The van der Waals surface area contributed by atoms with Gasteiger partial charge in [0.15, 0.2) is 10.9 Å². The predicted octanol–water partition coefficient (Wildman–Crippen LogP) is 3.11. The summed E-state index contributed by atoms with van der Waals surface area (Å²) >= 11 is 1.35. The van der Waals surface area contributed by atoms with Crippen molar-refractivity contribution >= 4 is 39.5 Å². The summed E-state index contributed by atoms with van der Waals surface area (Å²) in [4.78, 5) is 40.8. The number of piperidine rings is 1. The van der Waals surface area contributed by atoms with Gasteiger partial charge in [0, 0.05) is 36.3 Å². The van der Waals surface area contributed by atoms with Crippen molar-refractivity contribution in [3.63, 3.8) is 0 Å². The number of carbonyl (C=O) groups is 2. The molecule has 136 valence electrons. The normalized spacial score (nSPS) is 17.0. The number of nitro groups is 1. The van der Waals surface area contributed by atoms with Crippen LogP contribution in [0.3, 0.4) is 0 Å². The average molecular weight is 374 g/mol. The van der Waals surface area contributed by atoms with Gasteiger partial charge in [-0.25, -0.2) is 4.98 Å². The van der Waals surface area contributed by atoms with E-state index < -0.39 is 4.92 Å². The van der Waals surface area contributed by atoms with Gasteiger partial charge >= 0.3 is 0 Å². The standard InChI is InChI=1S/C17H18N4O4S/c1-11(22)12-4-5-14(15(9-12)21(24)25)20-7-2-3-13(10-20)16(23)19-17-18-6-8-26-17/h4-6,8-9,13H,2-3,7,10H2,1H3,(H,18,19,23).